The second kappa shape index (κ2) is 11.7. The van der Waals surface area contributed by atoms with Crippen LogP contribution in [-0.2, 0) is 0 Å². The van der Waals surface area contributed by atoms with Gasteiger partial charge in [0, 0.05) is 27.9 Å². The van der Waals surface area contributed by atoms with Crippen molar-refractivity contribution in [3.8, 4) is 0 Å². The second-order valence-corrected chi connectivity index (χ2v) is 13.9. The highest BCUT2D eigenvalue weighted by atomic mass is 16.4. The summed E-state index contributed by atoms with van der Waals surface area (Å²) in [6, 6.07) is 13.7. The fourth-order valence-electron chi connectivity index (χ4n) is 8.24. The van der Waals surface area contributed by atoms with Gasteiger partial charge >= 0.3 is 11.9 Å². The lowest BCUT2D eigenvalue weighted by Crippen LogP contribution is -2.37. The molecule has 0 aliphatic heterocycles. The molecule has 0 atom stereocenters. The predicted octanol–water partition coefficient (Wildman–Crippen LogP) is 8.02. The van der Waals surface area contributed by atoms with E-state index in [4.69, 9.17) is 0 Å². The van der Waals surface area contributed by atoms with Crippen LogP contribution in [0.5, 0.6) is 0 Å². The van der Waals surface area contributed by atoms with Gasteiger partial charge in [-0.05, 0) is 88.0 Å². The molecule has 0 unspecified atom stereocenters. The van der Waals surface area contributed by atoms with Crippen molar-refractivity contribution in [2.45, 2.75) is 77.1 Å². The van der Waals surface area contributed by atoms with Crippen LogP contribution in [0.1, 0.15) is 107 Å². The third-order valence-electron chi connectivity index (χ3n) is 10.9. The Hall–Kier alpha value is -4.46. The second-order valence-electron chi connectivity index (χ2n) is 13.9. The summed E-state index contributed by atoms with van der Waals surface area (Å²) in [4.78, 5) is 52.8. The van der Waals surface area contributed by atoms with E-state index >= 15 is 0 Å². The molecular formula is C38H38BNO6. The first-order valence-electron chi connectivity index (χ1n) is 16.6. The predicted molar refractivity (Wildman–Crippen MR) is 183 cm³/mol. The first-order valence-corrected chi connectivity index (χ1v) is 16.6. The molecule has 234 valence electrons. The molecule has 0 saturated heterocycles. The monoisotopic (exact) mass is 615 g/mol. The highest BCUT2D eigenvalue weighted by Crippen LogP contribution is 2.44. The van der Waals surface area contributed by atoms with E-state index in [1.807, 2.05) is 12.1 Å². The Bertz CT molecular complexity index is 1880. The molecular weight excluding hydrogens is 577 g/mol. The SMILES string of the molecule is CC1CCC(BC(=O)c2ccc3c4ccc(C(=O)O)c5c(C(=O)NC6CCC(C)CC6)ccc(c6ccc(C(=O)O)c2c36)c54)CC1. The van der Waals surface area contributed by atoms with Gasteiger partial charge in [-0.2, -0.15) is 0 Å². The first kappa shape index (κ1) is 30.2. The normalized spacial score (nSPS) is 22.0. The zero-order valence-corrected chi connectivity index (χ0v) is 26.3. The summed E-state index contributed by atoms with van der Waals surface area (Å²) in [7, 11) is 0.386. The average Bonchev–Trinajstić information content (AvgIpc) is 3.04. The van der Waals surface area contributed by atoms with Crippen LogP contribution in [0.4, 0.5) is 0 Å². The van der Waals surface area contributed by atoms with E-state index < -0.39 is 11.9 Å². The summed E-state index contributed by atoms with van der Waals surface area (Å²) in [5.74, 6) is -0.944. The highest BCUT2D eigenvalue weighted by molar-refractivity contribution is 6.79. The molecule has 5 aromatic rings. The van der Waals surface area contributed by atoms with Crippen LogP contribution < -0.4 is 5.32 Å². The fraction of sp³-hybridized carbons (Fsp3) is 0.368. The summed E-state index contributed by atoms with van der Waals surface area (Å²) in [5.41, 5.74) is 0.787. The van der Waals surface area contributed by atoms with Crippen molar-refractivity contribution in [2.75, 3.05) is 0 Å². The van der Waals surface area contributed by atoms with E-state index in [0.717, 1.165) is 72.9 Å². The van der Waals surface area contributed by atoms with Crippen molar-refractivity contribution >= 4 is 73.9 Å². The number of carbonyl (C=O) groups is 4. The molecule has 0 bridgehead atoms. The van der Waals surface area contributed by atoms with Crippen LogP contribution in [0.25, 0.3) is 43.1 Å². The molecule has 7 nitrogen and oxygen atoms in total. The maximum atomic E-state index is 13.9. The minimum absolute atomic E-state index is 0.0402. The van der Waals surface area contributed by atoms with Gasteiger partial charge in [0.2, 0.25) is 7.28 Å². The summed E-state index contributed by atoms with van der Waals surface area (Å²) >= 11 is 0. The van der Waals surface area contributed by atoms with Crippen molar-refractivity contribution in [1.29, 1.82) is 0 Å². The lowest BCUT2D eigenvalue weighted by atomic mass is 9.54. The molecule has 2 fully saturated rings. The number of fused-ring (bicyclic) bond motifs is 2. The van der Waals surface area contributed by atoms with Crippen LogP contribution >= 0.6 is 0 Å². The fourth-order valence-corrected chi connectivity index (χ4v) is 8.24. The lowest BCUT2D eigenvalue weighted by Gasteiger charge is -2.27. The zero-order valence-electron chi connectivity index (χ0n) is 26.3. The molecule has 0 heterocycles. The topological polar surface area (TPSA) is 121 Å². The number of aromatic carboxylic acids is 2. The molecule has 1 amide bonds. The number of carboxylic acids is 2. The molecule has 2 saturated carbocycles. The van der Waals surface area contributed by atoms with Crippen molar-refractivity contribution in [3.63, 3.8) is 0 Å². The largest absolute Gasteiger partial charge is 0.478 e. The maximum absolute atomic E-state index is 13.9. The summed E-state index contributed by atoms with van der Waals surface area (Å²) < 4.78 is 0. The van der Waals surface area contributed by atoms with E-state index in [1.54, 1.807) is 30.3 Å². The maximum Gasteiger partial charge on any atom is 0.336 e. The van der Waals surface area contributed by atoms with Gasteiger partial charge in [0.1, 0.15) is 5.68 Å². The Morgan fingerprint density at radius 3 is 1.46 bits per heavy atom. The Morgan fingerprint density at radius 2 is 0.978 bits per heavy atom. The Balaban J connectivity index is 1.44. The van der Waals surface area contributed by atoms with Gasteiger partial charge < -0.3 is 20.3 Å². The van der Waals surface area contributed by atoms with E-state index in [1.165, 1.54) is 6.07 Å². The van der Waals surface area contributed by atoms with Gasteiger partial charge in [-0.3, -0.25) is 4.79 Å². The van der Waals surface area contributed by atoms with Crippen molar-refractivity contribution in [3.05, 3.63) is 70.8 Å². The molecule has 2 aliphatic carbocycles. The van der Waals surface area contributed by atoms with Crippen molar-refractivity contribution in [1.82, 2.24) is 5.32 Å². The Morgan fingerprint density at radius 1 is 0.565 bits per heavy atom. The van der Waals surface area contributed by atoms with Gasteiger partial charge in [-0.1, -0.05) is 75.7 Å². The van der Waals surface area contributed by atoms with Crippen LogP contribution in [0.2, 0.25) is 5.82 Å². The number of benzene rings is 5. The summed E-state index contributed by atoms with van der Waals surface area (Å²) in [6.45, 7) is 4.46. The number of hydrogen-bond donors (Lipinski definition) is 3. The van der Waals surface area contributed by atoms with Gasteiger partial charge in [-0.25, -0.2) is 9.59 Å². The number of nitrogens with one attached hydrogen (secondary N) is 1. The van der Waals surface area contributed by atoms with E-state index in [9.17, 15) is 29.4 Å². The van der Waals surface area contributed by atoms with Crippen LogP contribution in [0, 0.1) is 11.8 Å². The Kier molecular flexibility index (Phi) is 7.70. The molecule has 7 rings (SSSR count). The van der Waals surface area contributed by atoms with Gasteiger partial charge in [0.25, 0.3) is 5.91 Å². The number of hydrogen-bond acceptors (Lipinski definition) is 4. The van der Waals surface area contributed by atoms with E-state index in [2.05, 4.69) is 19.2 Å². The van der Waals surface area contributed by atoms with Gasteiger partial charge in [-0.15, -0.1) is 0 Å². The van der Waals surface area contributed by atoms with Crippen LogP contribution in [-0.4, -0.2) is 47.1 Å². The first-order chi connectivity index (χ1) is 22.1. The van der Waals surface area contributed by atoms with Crippen LogP contribution in [0.3, 0.4) is 0 Å². The highest BCUT2D eigenvalue weighted by Gasteiger charge is 2.29. The molecule has 8 heteroatoms. The standard InChI is InChI=1S/C38H38BNO6/c1-19-3-7-21(8-4-19)39-35(41)27-15-11-23-26-14-18-30(38(45)46)34-28(36(42)40-22-9-5-20(2)6-10-22)16-12-24(32(26)34)25-13-17-29(37(43)44)33(27)31(23)25/h11-22,39H,3-10H2,1-2H3,(H,40,42)(H,43,44)(H,45,46). The lowest BCUT2D eigenvalue weighted by molar-refractivity contribution is 0.0688. The zero-order chi connectivity index (χ0) is 32.3. The smallest absolute Gasteiger partial charge is 0.336 e. The van der Waals surface area contributed by atoms with Crippen LogP contribution in [0.15, 0.2) is 48.5 Å². The number of amides is 1. The number of carboxylic acid groups (broad SMARTS) is 2. The molecule has 3 N–H and O–H groups in total. The van der Waals surface area contributed by atoms with E-state index in [0.29, 0.717) is 51.8 Å². The quantitative estimate of drug-likeness (QED) is 0.0969. The number of rotatable bonds is 7. The van der Waals surface area contributed by atoms with Crippen molar-refractivity contribution < 1.29 is 29.4 Å². The molecule has 0 spiro atoms. The third-order valence-corrected chi connectivity index (χ3v) is 10.9. The number of carbonyl (C=O) groups excluding carboxylic acids is 2. The molecule has 5 aromatic carbocycles. The van der Waals surface area contributed by atoms with Gasteiger partial charge in [0.15, 0.2) is 0 Å². The molecule has 2 aliphatic rings. The minimum Gasteiger partial charge on any atom is -0.478 e. The average molecular weight is 616 g/mol. The molecule has 0 radical (unpaired) electrons. The summed E-state index contributed by atoms with van der Waals surface area (Å²) in [6.07, 6.45) is 8.05. The minimum atomic E-state index is -1.13. The molecule has 46 heavy (non-hydrogen) atoms. The third kappa shape index (κ3) is 5.08. The Labute approximate surface area is 267 Å². The van der Waals surface area contributed by atoms with E-state index in [-0.39, 0.29) is 34.6 Å². The molecule has 0 aromatic heterocycles. The van der Waals surface area contributed by atoms with Crippen molar-refractivity contribution in [2.24, 2.45) is 11.8 Å². The van der Waals surface area contributed by atoms with Gasteiger partial charge in [0.05, 0.1) is 11.1 Å². The summed E-state index contributed by atoms with van der Waals surface area (Å²) in [5, 5.41) is 28.7.